The van der Waals surface area contributed by atoms with E-state index in [0.717, 1.165) is 12.2 Å². The fraction of sp³-hybridized carbons (Fsp3) is 0.429. The highest BCUT2D eigenvalue weighted by molar-refractivity contribution is 5.90. The highest BCUT2D eigenvalue weighted by Gasteiger charge is 2.01. The van der Waals surface area contributed by atoms with Gasteiger partial charge >= 0.3 is 0 Å². The van der Waals surface area contributed by atoms with Crippen LogP contribution in [0.15, 0.2) is 12.2 Å². The van der Waals surface area contributed by atoms with Crippen molar-refractivity contribution >= 4 is 12.2 Å². The minimum atomic E-state index is -0.286. The highest BCUT2D eigenvalue weighted by atomic mass is 16.3. The Bertz CT molecular complexity index is 165. The number of aliphatic hydroxyl groups excluding tert-OH is 1. The topological polar surface area (TPSA) is 57.6 Å². The van der Waals surface area contributed by atoms with E-state index in [-0.39, 0.29) is 19.1 Å². The fourth-order valence-electron chi connectivity index (χ4n) is 0.509. The molecule has 1 N–H and O–H groups in total. The van der Waals surface area contributed by atoms with Crippen molar-refractivity contribution < 1.29 is 14.7 Å². The predicted octanol–water partition coefficient (Wildman–Crippen LogP) is -0.808. The van der Waals surface area contributed by atoms with E-state index in [1.54, 1.807) is 7.05 Å². The molecule has 0 radical (unpaired) electrons. The van der Waals surface area contributed by atoms with Crippen LogP contribution in [-0.2, 0) is 9.59 Å². The quantitative estimate of drug-likeness (QED) is 0.429. The molecule has 0 spiro atoms. The maximum Gasteiger partial charge on any atom is 0.246 e. The summed E-state index contributed by atoms with van der Waals surface area (Å²) in [6.45, 7) is 0.208. The number of rotatable bonds is 4. The lowest BCUT2D eigenvalue weighted by molar-refractivity contribution is -0.125. The first-order valence-corrected chi connectivity index (χ1v) is 3.20. The number of allylic oxidation sites excluding steroid dienone is 1. The van der Waals surface area contributed by atoms with Crippen molar-refractivity contribution in [1.82, 2.24) is 4.90 Å². The molecule has 4 heteroatoms. The van der Waals surface area contributed by atoms with Crippen LogP contribution in [0.3, 0.4) is 0 Å². The Labute approximate surface area is 65.1 Å². The second-order valence-electron chi connectivity index (χ2n) is 1.98. The van der Waals surface area contributed by atoms with Gasteiger partial charge in [-0.05, 0) is 6.08 Å². The van der Waals surface area contributed by atoms with Gasteiger partial charge in [-0.1, -0.05) is 0 Å². The Hall–Kier alpha value is -1.16. The average molecular weight is 157 g/mol. The number of carbonyl (C=O) groups is 2. The van der Waals surface area contributed by atoms with Crippen LogP contribution in [0.25, 0.3) is 0 Å². The smallest absolute Gasteiger partial charge is 0.246 e. The van der Waals surface area contributed by atoms with Crippen molar-refractivity contribution in [3.05, 3.63) is 12.2 Å². The van der Waals surface area contributed by atoms with Crippen LogP contribution >= 0.6 is 0 Å². The number of aliphatic hydroxyl groups is 1. The predicted molar refractivity (Wildman–Crippen MR) is 39.9 cm³/mol. The van der Waals surface area contributed by atoms with E-state index < -0.39 is 0 Å². The average Bonchev–Trinajstić information content (AvgIpc) is 2.00. The summed E-state index contributed by atoms with van der Waals surface area (Å²) < 4.78 is 0. The lowest BCUT2D eigenvalue weighted by Crippen LogP contribution is -2.27. The second kappa shape index (κ2) is 5.61. The molecule has 0 bridgehead atoms. The maximum absolute atomic E-state index is 10.9. The molecule has 0 aliphatic carbocycles. The van der Waals surface area contributed by atoms with Crippen molar-refractivity contribution in [3.8, 4) is 0 Å². The van der Waals surface area contributed by atoms with E-state index in [9.17, 15) is 9.59 Å². The summed E-state index contributed by atoms with van der Waals surface area (Å²) in [4.78, 5) is 22.0. The molecule has 0 fully saturated rings. The van der Waals surface area contributed by atoms with Gasteiger partial charge in [0, 0.05) is 19.7 Å². The molecule has 0 aromatic rings. The first-order chi connectivity index (χ1) is 5.22. The van der Waals surface area contributed by atoms with E-state index in [4.69, 9.17) is 5.11 Å². The van der Waals surface area contributed by atoms with Gasteiger partial charge in [-0.3, -0.25) is 9.59 Å². The summed E-state index contributed by atoms with van der Waals surface area (Å²) in [6, 6.07) is 0. The second-order valence-corrected chi connectivity index (χ2v) is 1.98. The number of aldehydes is 1. The minimum absolute atomic E-state index is 0.0723. The van der Waals surface area contributed by atoms with Crippen LogP contribution in [0.1, 0.15) is 0 Å². The molecule has 0 rings (SSSR count). The third kappa shape index (κ3) is 4.27. The molecule has 4 nitrogen and oxygen atoms in total. The van der Waals surface area contributed by atoms with Gasteiger partial charge < -0.3 is 10.0 Å². The molecule has 0 atom stereocenters. The molecule has 62 valence electrons. The number of hydrogen-bond donors (Lipinski definition) is 1. The van der Waals surface area contributed by atoms with Crippen molar-refractivity contribution in [2.75, 3.05) is 20.2 Å². The molecule has 0 aromatic heterocycles. The maximum atomic E-state index is 10.9. The third-order valence-electron chi connectivity index (χ3n) is 1.13. The molecule has 0 saturated heterocycles. The summed E-state index contributed by atoms with van der Waals surface area (Å²) in [5, 5.41) is 8.42. The zero-order valence-corrected chi connectivity index (χ0v) is 6.36. The van der Waals surface area contributed by atoms with E-state index in [1.165, 1.54) is 4.90 Å². The molecule has 0 saturated carbocycles. The molecule has 0 aliphatic heterocycles. The van der Waals surface area contributed by atoms with Gasteiger partial charge in [0.15, 0.2) is 0 Å². The Morgan fingerprint density at radius 3 is 2.73 bits per heavy atom. The van der Waals surface area contributed by atoms with Crippen LogP contribution in [0.5, 0.6) is 0 Å². The Kier molecular flexibility index (Phi) is 5.02. The molecule has 11 heavy (non-hydrogen) atoms. The number of carbonyl (C=O) groups excluding carboxylic acids is 2. The number of nitrogens with zero attached hydrogens (tertiary/aromatic N) is 1. The van der Waals surface area contributed by atoms with Crippen LogP contribution in [0.2, 0.25) is 0 Å². The van der Waals surface area contributed by atoms with Crippen LogP contribution in [0.4, 0.5) is 0 Å². The molecule has 0 aromatic carbocycles. The summed E-state index contributed by atoms with van der Waals surface area (Å²) in [6.07, 6.45) is 2.81. The molecular formula is C7H11NO3. The number of hydrogen-bond acceptors (Lipinski definition) is 3. The molecular weight excluding hydrogens is 146 g/mol. The summed E-state index contributed by atoms with van der Waals surface area (Å²) in [5.41, 5.74) is 0. The first-order valence-electron chi connectivity index (χ1n) is 3.20. The summed E-state index contributed by atoms with van der Waals surface area (Å²) >= 11 is 0. The van der Waals surface area contributed by atoms with E-state index >= 15 is 0 Å². The van der Waals surface area contributed by atoms with E-state index in [1.807, 2.05) is 0 Å². The molecule has 0 aliphatic rings. The van der Waals surface area contributed by atoms with Gasteiger partial charge in [0.25, 0.3) is 0 Å². The monoisotopic (exact) mass is 157 g/mol. The highest BCUT2D eigenvalue weighted by Crippen LogP contribution is 1.84. The fourth-order valence-corrected chi connectivity index (χ4v) is 0.509. The van der Waals surface area contributed by atoms with Crippen molar-refractivity contribution in [2.45, 2.75) is 0 Å². The Balaban J connectivity index is 3.81. The molecule has 0 unspecified atom stereocenters. The van der Waals surface area contributed by atoms with Crippen molar-refractivity contribution in [3.63, 3.8) is 0 Å². The zero-order chi connectivity index (χ0) is 8.69. The third-order valence-corrected chi connectivity index (χ3v) is 1.13. The van der Waals surface area contributed by atoms with Crippen molar-refractivity contribution in [1.29, 1.82) is 0 Å². The van der Waals surface area contributed by atoms with E-state index in [2.05, 4.69) is 0 Å². The summed E-state index contributed by atoms with van der Waals surface area (Å²) in [5.74, 6) is -0.286. The van der Waals surface area contributed by atoms with Crippen LogP contribution in [-0.4, -0.2) is 42.4 Å². The number of likely N-dealkylation sites (N-methyl/N-ethyl adjacent to an activating group) is 1. The van der Waals surface area contributed by atoms with Gasteiger partial charge in [0.05, 0.1) is 6.61 Å². The normalized spacial score (nSPS) is 10.0. The standard InChI is InChI=1S/C7H11NO3/c1-8(4-6-10)7(11)3-2-5-9/h2-3,5,10H,4,6H2,1H3/b3-2-. The van der Waals surface area contributed by atoms with Gasteiger partial charge in [-0.2, -0.15) is 0 Å². The van der Waals surface area contributed by atoms with Crippen LogP contribution in [0, 0.1) is 0 Å². The zero-order valence-electron chi connectivity index (χ0n) is 6.36. The molecule has 0 heterocycles. The van der Waals surface area contributed by atoms with Gasteiger partial charge in [-0.15, -0.1) is 0 Å². The Morgan fingerprint density at radius 1 is 1.64 bits per heavy atom. The summed E-state index contributed by atoms with van der Waals surface area (Å²) in [7, 11) is 1.55. The first kappa shape index (κ1) is 9.84. The largest absolute Gasteiger partial charge is 0.395 e. The Morgan fingerprint density at radius 2 is 2.27 bits per heavy atom. The lowest BCUT2D eigenvalue weighted by Gasteiger charge is -2.11. The van der Waals surface area contributed by atoms with Gasteiger partial charge in [0.1, 0.15) is 6.29 Å². The lowest BCUT2D eigenvalue weighted by atomic mass is 10.4. The SMILES string of the molecule is CN(CCO)C(=O)/C=C\C=O. The van der Waals surface area contributed by atoms with Gasteiger partial charge in [-0.25, -0.2) is 0 Å². The van der Waals surface area contributed by atoms with Crippen LogP contribution < -0.4 is 0 Å². The van der Waals surface area contributed by atoms with Crippen molar-refractivity contribution in [2.24, 2.45) is 0 Å². The minimum Gasteiger partial charge on any atom is -0.395 e. The van der Waals surface area contributed by atoms with Gasteiger partial charge in [0.2, 0.25) is 5.91 Å². The number of amides is 1. The molecule has 1 amide bonds. The van der Waals surface area contributed by atoms with E-state index in [0.29, 0.717) is 6.29 Å².